The van der Waals surface area contributed by atoms with E-state index in [4.69, 9.17) is 18.9 Å². The summed E-state index contributed by atoms with van der Waals surface area (Å²) in [5.41, 5.74) is 1.43. The minimum absolute atomic E-state index is 0.00641. The predicted molar refractivity (Wildman–Crippen MR) is 128 cm³/mol. The Morgan fingerprint density at radius 2 is 1.76 bits per heavy atom. The number of carbonyl (C=O) groups is 2. The van der Waals surface area contributed by atoms with Crippen LogP contribution in [-0.4, -0.2) is 82.0 Å². The summed E-state index contributed by atoms with van der Waals surface area (Å²) < 4.78 is 20.8. The number of likely N-dealkylation sites (tertiary alicyclic amines) is 1. The van der Waals surface area contributed by atoms with Gasteiger partial charge in [0.25, 0.3) is 5.91 Å². The number of nitrogens with zero attached hydrogens (tertiary/aromatic N) is 2. The molecule has 1 aliphatic rings. The van der Waals surface area contributed by atoms with Crippen LogP contribution in [0.4, 0.5) is 0 Å². The maximum Gasteiger partial charge on any atom is 0.271 e. The molecule has 1 aromatic heterocycles. The molecule has 1 saturated heterocycles. The number of hydrogen-bond acceptors (Lipinski definition) is 8. The van der Waals surface area contributed by atoms with Crippen LogP contribution in [0.5, 0.6) is 5.75 Å². The molecule has 0 bridgehead atoms. The molecule has 2 heterocycles. The predicted octanol–water partition coefficient (Wildman–Crippen LogP) is 2.47. The van der Waals surface area contributed by atoms with Gasteiger partial charge in [-0.2, -0.15) is 0 Å². The molecule has 1 aromatic carbocycles. The Morgan fingerprint density at radius 1 is 1.06 bits per heavy atom. The van der Waals surface area contributed by atoms with Gasteiger partial charge in [-0.1, -0.05) is 12.1 Å². The van der Waals surface area contributed by atoms with E-state index in [-0.39, 0.29) is 24.3 Å². The molecular formula is C24H33N3O6S. The summed E-state index contributed by atoms with van der Waals surface area (Å²) in [5, 5.41) is 5.67. The first-order valence-corrected chi connectivity index (χ1v) is 12.3. The van der Waals surface area contributed by atoms with Gasteiger partial charge in [-0.3, -0.25) is 9.59 Å². The Balaban J connectivity index is 1.36. The SMILES string of the molecule is COCCOCCOCC(=O)N1CCC(c2nc(C(=O)NCc3ccc(OC)cc3)cs2)CC1. The highest BCUT2D eigenvalue weighted by atomic mass is 32.1. The molecule has 186 valence electrons. The molecule has 0 unspecified atom stereocenters. The summed E-state index contributed by atoms with van der Waals surface area (Å²) in [6, 6.07) is 7.57. The number of methoxy groups -OCH3 is 2. The van der Waals surface area contributed by atoms with E-state index in [1.54, 1.807) is 19.6 Å². The highest BCUT2D eigenvalue weighted by Crippen LogP contribution is 2.30. The van der Waals surface area contributed by atoms with Crippen molar-refractivity contribution in [1.29, 1.82) is 0 Å². The molecule has 10 heteroatoms. The van der Waals surface area contributed by atoms with E-state index in [1.807, 2.05) is 29.2 Å². The van der Waals surface area contributed by atoms with Crippen molar-refractivity contribution in [3.63, 3.8) is 0 Å². The number of aromatic nitrogens is 1. The van der Waals surface area contributed by atoms with Crippen molar-refractivity contribution in [2.24, 2.45) is 0 Å². The summed E-state index contributed by atoms with van der Waals surface area (Å²) in [5.74, 6) is 0.845. The van der Waals surface area contributed by atoms with Gasteiger partial charge in [0, 0.05) is 38.0 Å². The van der Waals surface area contributed by atoms with Gasteiger partial charge in [0.15, 0.2) is 0 Å². The standard InChI is InChI=1S/C24H33N3O6S/c1-30-11-12-32-13-14-33-16-22(28)27-9-7-19(8-10-27)24-26-21(17-34-24)23(29)25-15-18-3-5-20(31-2)6-4-18/h3-6,17,19H,7-16H2,1-2H3,(H,25,29). The number of thiazole rings is 1. The van der Waals surface area contributed by atoms with E-state index in [1.165, 1.54) is 11.3 Å². The van der Waals surface area contributed by atoms with Crippen molar-refractivity contribution >= 4 is 23.2 Å². The van der Waals surface area contributed by atoms with Gasteiger partial charge in [0.05, 0.1) is 38.5 Å². The summed E-state index contributed by atoms with van der Waals surface area (Å²) in [6.07, 6.45) is 1.65. The lowest BCUT2D eigenvalue weighted by molar-refractivity contribution is -0.137. The van der Waals surface area contributed by atoms with Crippen LogP contribution in [0, 0.1) is 0 Å². The molecule has 0 spiro atoms. The number of amides is 2. The summed E-state index contributed by atoms with van der Waals surface area (Å²) in [7, 11) is 3.24. The van der Waals surface area contributed by atoms with E-state index in [0.717, 1.165) is 29.2 Å². The Kier molecular flexibility index (Phi) is 10.7. The average molecular weight is 492 g/mol. The van der Waals surface area contributed by atoms with E-state index in [0.29, 0.717) is 51.8 Å². The first kappa shape index (κ1) is 26.1. The fourth-order valence-corrected chi connectivity index (χ4v) is 4.56. The first-order valence-electron chi connectivity index (χ1n) is 11.4. The monoisotopic (exact) mass is 491 g/mol. The molecule has 34 heavy (non-hydrogen) atoms. The van der Waals surface area contributed by atoms with Crippen molar-refractivity contribution in [3.05, 3.63) is 45.9 Å². The molecule has 0 atom stereocenters. The van der Waals surface area contributed by atoms with E-state index >= 15 is 0 Å². The van der Waals surface area contributed by atoms with Gasteiger partial charge < -0.3 is 29.2 Å². The molecular weight excluding hydrogens is 458 g/mol. The van der Waals surface area contributed by atoms with Gasteiger partial charge in [-0.25, -0.2) is 4.98 Å². The van der Waals surface area contributed by atoms with E-state index in [2.05, 4.69) is 10.3 Å². The highest BCUT2D eigenvalue weighted by Gasteiger charge is 2.26. The molecule has 2 aromatic rings. The van der Waals surface area contributed by atoms with Gasteiger partial charge in [-0.15, -0.1) is 11.3 Å². The summed E-state index contributed by atoms with van der Waals surface area (Å²) in [4.78, 5) is 31.3. The van der Waals surface area contributed by atoms with Crippen LogP contribution in [-0.2, 0) is 25.5 Å². The van der Waals surface area contributed by atoms with Crippen LogP contribution in [0.3, 0.4) is 0 Å². The van der Waals surface area contributed by atoms with E-state index in [9.17, 15) is 9.59 Å². The Labute approximate surface area is 204 Å². The zero-order valence-electron chi connectivity index (χ0n) is 19.8. The molecule has 1 aliphatic heterocycles. The molecule has 1 N–H and O–H groups in total. The van der Waals surface area contributed by atoms with Crippen LogP contribution in [0.25, 0.3) is 0 Å². The van der Waals surface area contributed by atoms with E-state index < -0.39 is 0 Å². The lowest BCUT2D eigenvalue weighted by atomic mass is 9.97. The topological polar surface area (TPSA) is 99.2 Å². The van der Waals surface area contributed by atoms with Crippen molar-refractivity contribution in [1.82, 2.24) is 15.2 Å². The lowest BCUT2D eigenvalue weighted by Crippen LogP contribution is -2.40. The normalized spacial score (nSPS) is 14.2. The molecule has 0 radical (unpaired) electrons. The third-order valence-corrected chi connectivity index (χ3v) is 6.60. The quantitative estimate of drug-likeness (QED) is 0.430. The molecule has 3 rings (SSSR count). The number of nitrogens with one attached hydrogen (secondary N) is 1. The van der Waals surface area contributed by atoms with Gasteiger partial charge in [0.1, 0.15) is 18.1 Å². The number of ether oxygens (including phenoxy) is 4. The third kappa shape index (κ3) is 8.05. The lowest BCUT2D eigenvalue weighted by Gasteiger charge is -2.31. The Bertz CT molecular complexity index is 896. The molecule has 9 nitrogen and oxygen atoms in total. The second-order valence-electron chi connectivity index (χ2n) is 7.91. The highest BCUT2D eigenvalue weighted by molar-refractivity contribution is 7.09. The van der Waals surface area contributed by atoms with Crippen LogP contribution < -0.4 is 10.1 Å². The summed E-state index contributed by atoms with van der Waals surface area (Å²) >= 11 is 1.51. The molecule has 0 saturated carbocycles. The number of rotatable bonds is 13. The van der Waals surface area contributed by atoms with Crippen molar-refractivity contribution in [3.8, 4) is 5.75 Å². The smallest absolute Gasteiger partial charge is 0.271 e. The van der Waals surface area contributed by atoms with Crippen LogP contribution in [0.1, 0.15) is 39.8 Å². The minimum Gasteiger partial charge on any atom is -0.497 e. The molecule has 0 aliphatic carbocycles. The zero-order valence-corrected chi connectivity index (χ0v) is 20.6. The van der Waals surface area contributed by atoms with Gasteiger partial charge in [0.2, 0.25) is 5.91 Å². The first-order chi connectivity index (χ1) is 16.6. The fraction of sp³-hybridized carbons (Fsp3) is 0.542. The maximum absolute atomic E-state index is 12.5. The van der Waals surface area contributed by atoms with Crippen molar-refractivity contribution < 1.29 is 28.5 Å². The van der Waals surface area contributed by atoms with Crippen LogP contribution in [0.2, 0.25) is 0 Å². The number of carbonyl (C=O) groups excluding carboxylic acids is 2. The third-order valence-electron chi connectivity index (χ3n) is 5.59. The Morgan fingerprint density at radius 3 is 2.47 bits per heavy atom. The summed E-state index contributed by atoms with van der Waals surface area (Å²) in [6.45, 7) is 3.71. The molecule has 1 fully saturated rings. The maximum atomic E-state index is 12.5. The zero-order chi connectivity index (χ0) is 24.2. The minimum atomic E-state index is -0.186. The Hall–Kier alpha value is -2.53. The average Bonchev–Trinajstić information content (AvgIpc) is 3.37. The number of benzene rings is 1. The second kappa shape index (κ2) is 14.0. The van der Waals surface area contributed by atoms with Crippen LogP contribution in [0.15, 0.2) is 29.6 Å². The van der Waals surface area contributed by atoms with Gasteiger partial charge in [-0.05, 0) is 30.5 Å². The number of piperidine rings is 1. The number of hydrogen-bond donors (Lipinski definition) is 1. The van der Waals surface area contributed by atoms with Crippen molar-refractivity contribution in [2.75, 3.05) is 60.3 Å². The van der Waals surface area contributed by atoms with Crippen LogP contribution >= 0.6 is 11.3 Å². The van der Waals surface area contributed by atoms with Crippen molar-refractivity contribution in [2.45, 2.75) is 25.3 Å². The van der Waals surface area contributed by atoms with Gasteiger partial charge >= 0.3 is 0 Å². The fourth-order valence-electron chi connectivity index (χ4n) is 3.58. The largest absolute Gasteiger partial charge is 0.497 e. The second-order valence-corrected chi connectivity index (χ2v) is 8.80. The molecule has 2 amide bonds.